The second-order valence-corrected chi connectivity index (χ2v) is 5.15. The van der Waals surface area contributed by atoms with Crippen LogP contribution in [0.1, 0.15) is 18.6 Å². The van der Waals surface area contributed by atoms with Crippen molar-refractivity contribution in [3.05, 3.63) is 65.2 Å². The van der Waals surface area contributed by atoms with Crippen LogP contribution in [0.3, 0.4) is 0 Å². The number of hydrogen-bond donors (Lipinski definition) is 2. The fourth-order valence-corrected chi connectivity index (χ4v) is 2.14. The molecule has 0 aliphatic rings. The van der Waals surface area contributed by atoms with Crippen LogP contribution < -0.4 is 15.4 Å². The molecule has 0 aromatic heterocycles. The molecule has 0 saturated heterocycles. The van der Waals surface area contributed by atoms with Gasteiger partial charge in [-0.15, -0.1) is 0 Å². The van der Waals surface area contributed by atoms with E-state index in [1.165, 1.54) is 0 Å². The van der Waals surface area contributed by atoms with E-state index in [9.17, 15) is 9.59 Å². The lowest BCUT2D eigenvalue weighted by Crippen LogP contribution is -2.42. The van der Waals surface area contributed by atoms with Gasteiger partial charge < -0.3 is 10.1 Å². The lowest BCUT2D eigenvalue weighted by atomic mass is 10.1. The zero-order valence-corrected chi connectivity index (χ0v) is 13.3. The van der Waals surface area contributed by atoms with Crippen LogP contribution in [0.5, 0.6) is 5.75 Å². The van der Waals surface area contributed by atoms with Crippen LogP contribution in [-0.4, -0.2) is 18.5 Å². The molecule has 2 rings (SSSR count). The molecular formula is C17H17ClN2O3. The molecule has 1 atom stereocenters. The molecule has 23 heavy (non-hydrogen) atoms. The Hall–Kier alpha value is -2.53. The Morgan fingerprint density at radius 3 is 2.52 bits per heavy atom. The number of amides is 3. The molecular weight excluding hydrogens is 316 g/mol. The summed E-state index contributed by atoms with van der Waals surface area (Å²) in [7, 11) is 0. The third-order valence-corrected chi connectivity index (χ3v) is 3.20. The molecule has 0 aliphatic carbocycles. The maximum Gasteiger partial charge on any atom is 0.321 e. The van der Waals surface area contributed by atoms with E-state index in [1.807, 2.05) is 6.07 Å². The molecule has 0 fully saturated rings. The van der Waals surface area contributed by atoms with Crippen LogP contribution in [0.15, 0.2) is 54.6 Å². The number of urea groups is 1. The molecule has 3 amide bonds. The molecule has 6 heteroatoms. The van der Waals surface area contributed by atoms with Crippen molar-refractivity contribution in [3.63, 3.8) is 0 Å². The summed E-state index contributed by atoms with van der Waals surface area (Å²) in [4.78, 5) is 24.0. The molecule has 0 bridgehead atoms. The minimum Gasteiger partial charge on any atom is -0.476 e. The Labute approximate surface area is 139 Å². The predicted molar refractivity (Wildman–Crippen MR) is 88.5 cm³/mol. The van der Waals surface area contributed by atoms with Crippen LogP contribution in [0.25, 0.3) is 0 Å². The van der Waals surface area contributed by atoms with E-state index in [0.29, 0.717) is 22.9 Å². The quantitative estimate of drug-likeness (QED) is 0.882. The monoisotopic (exact) mass is 332 g/mol. The van der Waals surface area contributed by atoms with Crippen molar-refractivity contribution in [2.75, 3.05) is 6.54 Å². The molecule has 0 heterocycles. The van der Waals surface area contributed by atoms with Crippen molar-refractivity contribution in [2.24, 2.45) is 0 Å². The first kappa shape index (κ1) is 16.8. The van der Waals surface area contributed by atoms with Gasteiger partial charge in [0.05, 0.1) is 0 Å². The predicted octanol–water partition coefficient (Wildman–Crippen LogP) is 3.31. The maximum atomic E-state index is 12.4. The molecule has 120 valence electrons. The molecule has 0 radical (unpaired) electrons. The number of nitrogens with one attached hydrogen (secondary N) is 2. The van der Waals surface area contributed by atoms with E-state index >= 15 is 0 Å². The number of benzene rings is 2. The Morgan fingerprint density at radius 1 is 1.13 bits per heavy atom. The third-order valence-electron chi connectivity index (χ3n) is 2.96. The highest BCUT2D eigenvalue weighted by atomic mass is 35.5. The summed E-state index contributed by atoms with van der Waals surface area (Å²) in [5, 5.41) is 5.27. The van der Waals surface area contributed by atoms with E-state index in [2.05, 4.69) is 10.6 Å². The molecule has 0 saturated carbocycles. The molecule has 5 nitrogen and oxygen atoms in total. The van der Waals surface area contributed by atoms with Crippen LogP contribution in [0.4, 0.5) is 4.79 Å². The summed E-state index contributed by atoms with van der Waals surface area (Å²) in [6, 6.07) is 15.1. The zero-order chi connectivity index (χ0) is 16.7. The molecule has 2 N–H and O–H groups in total. The van der Waals surface area contributed by atoms with E-state index in [0.717, 1.165) is 0 Å². The summed E-state index contributed by atoms with van der Waals surface area (Å²) >= 11 is 5.93. The van der Waals surface area contributed by atoms with Gasteiger partial charge in [-0.1, -0.05) is 48.0 Å². The number of carbonyl (C=O) groups excluding carboxylic acids is 2. The van der Waals surface area contributed by atoms with Crippen LogP contribution in [0.2, 0.25) is 5.02 Å². The second-order valence-electron chi connectivity index (χ2n) is 4.71. The number of halogens is 1. The smallest absolute Gasteiger partial charge is 0.321 e. The van der Waals surface area contributed by atoms with Gasteiger partial charge in [0.25, 0.3) is 5.91 Å². The van der Waals surface area contributed by atoms with Crippen molar-refractivity contribution < 1.29 is 14.3 Å². The summed E-state index contributed by atoms with van der Waals surface area (Å²) < 4.78 is 5.75. The van der Waals surface area contributed by atoms with Crippen molar-refractivity contribution in [1.82, 2.24) is 10.6 Å². The average molecular weight is 333 g/mol. The normalized spacial score (nSPS) is 11.4. The Bertz CT molecular complexity index is 677. The molecule has 0 aliphatic heterocycles. The van der Waals surface area contributed by atoms with E-state index in [-0.39, 0.29) is 0 Å². The van der Waals surface area contributed by atoms with Gasteiger partial charge in [-0.2, -0.15) is 0 Å². The summed E-state index contributed by atoms with van der Waals surface area (Å²) in [6.07, 6.45) is -0.961. The SMILES string of the molecule is CCNC(=O)NC(=O)[C@H](Oc1cccc(Cl)c1)c1ccccc1. The van der Waals surface area contributed by atoms with Crippen LogP contribution in [-0.2, 0) is 4.79 Å². The fourth-order valence-electron chi connectivity index (χ4n) is 1.96. The van der Waals surface area contributed by atoms with Crippen molar-refractivity contribution in [3.8, 4) is 5.75 Å². The topological polar surface area (TPSA) is 67.4 Å². The van der Waals surface area contributed by atoms with Crippen molar-refractivity contribution in [2.45, 2.75) is 13.0 Å². The number of imide groups is 1. The highest BCUT2D eigenvalue weighted by Crippen LogP contribution is 2.24. The molecule has 0 spiro atoms. The van der Waals surface area contributed by atoms with Gasteiger partial charge in [0.15, 0.2) is 0 Å². The van der Waals surface area contributed by atoms with Gasteiger partial charge in [0, 0.05) is 17.1 Å². The minimum atomic E-state index is -0.961. The Kier molecular flexibility index (Phi) is 6.00. The summed E-state index contributed by atoms with van der Waals surface area (Å²) in [6.45, 7) is 2.19. The molecule has 2 aromatic rings. The third kappa shape index (κ3) is 5.00. The van der Waals surface area contributed by atoms with Crippen LogP contribution >= 0.6 is 11.6 Å². The first-order chi connectivity index (χ1) is 11.1. The van der Waals surface area contributed by atoms with E-state index < -0.39 is 18.0 Å². The maximum absolute atomic E-state index is 12.4. The summed E-state index contributed by atoms with van der Waals surface area (Å²) in [5.41, 5.74) is 0.634. The van der Waals surface area contributed by atoms with Gasteiger partial charge in [0.2, 0.25) is 6.10 Å². The standard InChI is InChI=1S/C17H17ClN2O3/c1-2-19-17(22)20-16(21)15(12-7-4-3-5-8-12)23-14-10-6-9-13(18)11-14/h3-11,15H,2H2,1H3,(H2,19,20,21,22)/t15-/m1/s1. The fraction of sp³-hybridized carbons (Fsp3) is 0.176. The number of hydrogen-bond acceptors (Lipinski definition) is 3. The average Bonchev–Trinajstić information content (AvgIpc) is 2.53. The van der Waals surface area contributed by atoms with Gasteiger partial charge >= 0.3 is 6.03 Å². The van der Waals surface area contributed by atoms with Crippen molar-refractivity contribution >= 4 is 23.5 Å². The Balaban J connectivity index is 2.22. The number of carbonyl (C=O) groups is 2. The van der Waals surface area contributed by atoms with Gasteiger partial charge in [0.1, 0.15) is 5.75 Å². The first-order valence-electron chi connectivity index (χ1n) is 7.16. The molecule has 2 aromatic carbocycles. The molecule has 0 unspecified atom stereocenters. The highest BCUT2D eigenvalue weighted by Gasteiger charge is 2.24. The lowest BCUT2D eigenvalue weighted by molar-refractivity contribution is -0.127. The van der Waals surface area contributed by atoms with Gasteiger partial charge in [-0.3, -0.25) is 10.1 Å². The zero-order valence-electron chi connectivity index (χ0n) is 12.6. The summed E-state index contributed by atoms with van der Waals surface area (Å²) in [5.74, 6) is -0.112. The minimum absolute atomic E-state index is 0.421. The van der Waals surface area contributed by atoms with E-state index in [1.54, 1.807) is 55.5 Å². The number of ether oxygens (including phenoxy) is 1. The van der Waals surface area contributed by atoms with Gasteiger partial charge in [-0.25, -0.2) is 4.79 Å². The first-order valence-corrected chi connectivity index (χ1v) is 7.54. The Morgan fingerprint density at radius 2 is 1.87 bits per heavy atom. The van der Waals surface area contributed by atoms with E-state index in [4.69, 9.17) is 16.3 Å². The second kappa shape index (κ2) is 8.19. The van der Waals surface area contributed by atoms with Crippen molar-refractivity contribution in [1.29, 1.82) is 0 Å². The number of rotatable bonds is 5. The highest BCUT2D eigenvalue weighted by molar-refractivity contribution is 6.30. The van der Waals surface area contributed by atoms with Crippen LogP contribution in [0, 0.1) is 0 Å². The van der Waals surface area contributed by atoms with Gasteiger partial charge in [-0.05, 0) is 25.1 Å². The lowest BCUT2D eigenvalue weighted by Gasteiger charge is -2.19. The largest absolute Gasteiger partial charge is 0.476 e.